The minimum Gasteiger partial charge on any atom is -0.481 e. The zero-order valence-corrected chi connectivity index (χ0v) is 14.9. The summed E-state index contributed by atoms with van der Waals surface area (Å²) in [5.74, 6) is -2.51. The van der Waals surface area contributed by atoms with Crippen LogP contribution in [0.4, 0.5) is 0 Å². The maximum atomic E-state index is 11.8. The molecule has 0 heterocycles. The summed E-state index contributed by atoms with van der Waals surface area (Å²) in [7, 11) is 1.21. The molecule has 0 unspecified atom stereocenters. The molecule has 8 heteroatoms. The van der Waals surface area contributed by atoms with Crippen LogP contribution in [-0.2, 0) is 25.5 Å². The average Bonchev–Trinajstić information content (AvgIpc) is 2.62. The van der Waals surface area contributed by atoms with Crippen LogP contribution in [0.15, 0.2) is 30.3 Å². The Morgan fingerprint density at radius 3 is 2.31 bits per heavy atom. The molecule has 0 fully saturated rings. The summed E-state index contributed by atoms with van der Waals surface area (Å²) >= 11 is 0. The first-order valence-corrected chi connectivity index (χ1v) is 8.15. The van der Waals surface area contributed by atoms with Crippen LogP contribution in [0.25, 0.3) is 0 Å². The van der Waals surface area contributed by atoms with Gasteiger partial charge in [0, 0.05) is 13.0 Å². The summed E-state index contributed by atoms with van der Waals surface area (Å²) in [6, 6.07) is 6.93. The van der Waals surface area contributed by atoms with Crippen molar-refractivity contribution in [3.63, 3.8) is 0 Å². The van der Waals surface area contributed by atoms with Gasteiger partial charge in [-0.1, -0.05) is 43.7 Å². The van der Waals surface area contributed by atoms with E-state index in [1.807, 2.05) is 18.2 Å². The highest BCUT2D eigenvalue weighted by Gasteiger charge is 2.25. The fraction of sp³-hybridized carbons (Fsp3) is 0.444. The Labute approximate surface area is 153 Å². The third-order valence-electron chi connectivity index (χ3n) is 3.22. The number of aliphatic hydroxyl groups is 1. The quantitative estimate of drug-likeness (QED) is 0.460. The van der Waals surface area contributed by atoms with Crippen LogP contribution in [0.3, 0.4) is 0 Å². The fourth-order valence-electron chi connectivity index (χ4n) is 1.86. The van der Waals surface area contributed by atoms with E-state index in [1.165, 1.54) is 7.11 Å². The number of aliphatic carboxylic acids is 1. The summed E-state index contributed by atoms with van der Waals surface area (Å²) in [5, 5.41) is 19.1. The van der Waals surface area contributed by atoms with Gasteiger partial charge in [-0.3, -0.25) is 9.59 Å². The second-order valence-corrected chi connectivity index (χ2v) is 5.41. The number of carboxylic acids is 1. The van der Waals surface area contributed by atoms with Gasteiger partial charge in [0.25, 0.3) is 0 Å². The van der Waals surface area contributed by atoms with Crippen molar-refractivity contribution < 1.29 is 29.3 Å². The van der Waals surface area contributed by atoms with Crippen molar-refractivity contribution in [3.8, 4) is 0 Å². The summed E-state index contributed by atoms with van der Waals surface area (Å²) in [4.78, 5) is 34.0. The van der Waals surface area contributed by atoms with E-state index < -0.39 is 36.4 Å². The summed E-state index contributed by atoms with van der Waals surface area (Å²) in [6.07, 6.45) is 1.40. The lowest BCUT2D eigenvalue weighted by atomic mass is 10.1. The number of ether oxygens (including phenoxy) is 1. The van der Waals surface area contributed by atoms with E-state index >= 15 is 0 Å². The van der Waals surface area contributed by atoms with Gasteiger partial charge in [0.1, 0.15) is 6.04 Å². The van der Waals surface area contributed by atoms with Gasteiger partial charge in [0.15, 0.2) is 0 Å². The van der Waals surface area contributed by atoms with E-state index in [1.54, 1.807) is 12.1 Å². The smallest absolute Gasteiger partial charge is 0.328 e. The first-order valence-electron chi connectivity index (χ1n) is 8.15. The number of carboxylic acid groups (broad SMARTS) is 1. The van der Waals surface area contributed by atoms with Crippen LogP contribution < -0.4 is 11.1 Å². The third kappa shape index (κ3) is 10.4. The van der Waals surface area contributed by atoms with Crippen molar-refractivity contribution in [1.29, 1.82) is 0 Å². The van der Waals surface area contributed by atoms with Gasteiger partial charge in [-0.05, 0) is 12.0 Å². The highest BCUT2D eigenvalue weighted by atomic mass is 16.5. The molecule has 0 bridgehead atoms. The molecular formula is C18H27N2O6. The molecule has 0 spiro atoms. The fourth-order valence-corrected chi connectivity index (χ4v) is 1.86. The molecule has 2 atom stereocenters. The number of amides is 1. The molecular weight excluding hydrogens is 340 g/mol. The van der Waals surface area contributed by atoms with Crippen molar-refractivity contribution in [1.82, 2.24) is 5.32 Å². The van der Waals surface area contributed by atoms with Crippen molar-refractivity contribution in [3.05, 3.63) is 42.8 Å². The number of esters is 1. The number of nitrogens with one attached hydrogen (secondary N) is 1. The lowest BCUT2D eigenvalue weighted by Gasteiger charge is -2.18. The van der Waals surface area contributed by atoms with Crippen LogP contribution in [0, 0.1) is 6.92 Å². The number of unbranched alkanes of at least 4 members (excludes halogenated alkanes) is 1. The van der Waals surface area contributed by atoms with Crippen LogP contribution in [0.1, 0.15) is 24.8 Å². The Morgan fingerprint density at radius 1 is 1.27 bits per heavy atom. The maximum Gasteiger partial charge on any atom is 0.328 e. The first-order chi connectivity index (χ1) is 12.3. The molecule has 5 N–H and O–H groups in total. The second kappa shape index (κ2) is 13.8. The number of hydrogen-bond donors (Lipinski definition) is 4. The van der Waals surface area contributed by atoms with Gasteiger partial charge in [0.05, 0.1) is 19.6 Å². The molecule has 8 nitrogen and oxygen atoms in total. The molecule has 1 radical (unpaired) electrons. The Kier molecular flexibility index (Phi) is 12.5. The average molecular weight is 367 g/mol. The topological polar surface area (TPSA) is 139 Å². The highest BCUT2D eigenvalue weighted by Crippen LogP contribution is 2.05. The van der Waals surface area contributed by atoms with Gasteiger partial charge >= 0.3 is 11.9 Å². The molecule has 0 aromatic heterocycles. The second-order valence-electron chi connectivity index (χ2n) is 5.41. The van der Waals surface area contributed by atoms with Crippen LogP contribution in [0.5, 0.6) is 0 Å². The summed E-state index contributed by atoms with van der Waals surface area (Å²) in [6.45, 7) is 3.80. The predicted molar refractivity (Wildman–Crippen MR) is 96.0 cm³/mol. The van der Waals surface area contributed by atoms with Crippen LogP contribution in [-0.4, -0.2) is 53.9 Å². The lowest BCUT2D eigenvalue weighted by molar-refractivity contribution is -0.145. The van der Waals surface area contributed by atoms with E-state index in [0.29, 0.717) is 0 Å². The standard InChI is InChI=1S/C14H18N2O5.C4H9O/c1-21-14(20)11(7-9-5-3-2-4-6-9)16-13(19)10(15)8-12(17)18;1-2-3-4-5/h2-6,10-11H,7-8,15H2,1H3,(H,16,19)(H,17,18);5H,1-4H2/t10-,11-;/m0./s1. The van der Waals surface area contributed by atoms with E-state index in [4.69, 9.17) is 15.9 Å². The Morgan fingerprint density at radius 2 is 1.88 bits per heavy atom. The van der Waals surface area contributed by atoms with E-state index in [2.05, 4.69) is 17.0 Å². The number of hydrogen-bond acceptors (Lipinski definition) is 6. The molecule has 0 aliphatic heterocycles. The monoisotopic (exact) mass is 367 g/mol. The number of methoxy groups -OCH3 is 1. The number of carbonyl (C=O) groups is 3. The third-order valence-corrected chi connectivity index (χ3v) is 3.22. The summed E-state index contributed by atoms with van der Waals surface area (Å²) < 4.78 is 4.64. The number of benzene rings is 1. The Hall–Kier alpha value is -2.45. The van der Waals surface area contributed by atoms with Crippen molar-refractivity contribution in [2.24, 2.45) is 5.73 Å². The number of carbonyl (C=O) groups excluding carboxylic acids is 2. The van der Waals surface area contributed by atoms with E-state index in [0.717, 1.165) is 18.4 Å². The van der Waals surface area contributed by atoms with Gasteiger partial charge in [-0.25, -0.2) is 4.79 Å². The predicted octanol–water partition coefficient (Wildman–Crippen LogP) is 0.282. The molecule has 1 rings (SSSR count). The van der Waals surface area contributed by atoms with Crippen LogP contribution in [0.2, 0.25) is 0 Å². The normalized spacial score (nSPS) is 12.2. The molecule has 1 aromatic carbocycles. The number of nitrogens with two attached hydrogens (primary N) is 1. The molecule has 0 aliphatic carbocycles. The zero-order valence-electron chi connectivity index (χ0n) is 14.9. The minimum absolute atomic E-state index is 0.235. The van der Waals surface area contributed by atoms with Gasteiger partial charge in [-0.2, -0.15) is 0 Å². The highest BCUT2D eigenvalue weighted by molar-refractivity contribution is 5.89. The lowest BCUT2D eigenvalue weighted by Crippen LogP contribution is -2.50. The Balaban J connectivity index is 0.00000110. The van der Waals surface area contributed by atoms with Crippen molar-refractivity contribution in [2.75, 3.05) is 13.7 Å². The summed E-state index contributed by atoms with van der Waals surface area (Å²) in [5.41, 5.74) is 6.29. The maximum absolute atomic E-state index is 11.8. The molecule has 1 aromatic rings. The van der Waals surface area contributed by atoms with Crippen LogP contribution >= 0.6 is 0 Å². The molecule has 0 aliphatic rings. The number of aliphatic hydroxyl groups excluding tert-OH is 1. The van der Waals surface area contributed by atoms with Gasteiger partial charge in [-0.15, -0.1) is 0 Å². The zero-order chi connectivity index (χ0) is 19.9. The van der Waals surface area contributed by atoms with Gasteiger partial charge in [0.2, 0.25) is 5.91 Å². The number of rotatable bonds is 9. The Bertz CT molecular complexity index is 548. The molecule has 26 heavy (non-hydrogen) atoms. The first kappa shape index (κ1) is 23.5. The molecule has 145 valence electrons. The minimum atomic E-state index is -1.22. The SMILES string of the molecule is COC(=O)[C@H](Cc1ccccc1)NC(=O)[C@@H](N)CC(=O)O.[CH2]CCCO. The molecule has 0 saturated carbocycles. The largest absolute Gasteiger partial charge is 0.481 e. The van der Waals surface area contributed by atoms with Crippen molar-refractivity contribution in [2.45, 2.75) is 37.8 Å². The van der Waals surface area contributed by atoms with Gasteiger partial charge < -0.3 is 26.0 Å². The van der Waals surface area contributed by atoms with E-state index in [-0.39, 0.29) is 13.0 Å². The van der Waals surface area contributed by atoms with E-state index in [9.17, 15) is 14.4 Å². The molecule has 1 amide bonds. The van der Waals surface area contributed by atoms with Crippen molar-refractivity contribution >= 4 is 17.8 Å². The molecule has 0 saturated heterocycles.